The molecule has 1 aliphatic heterocycles. The van der Waals surface area contributed by atoms with Crippen molar-refractivity contribution in [1.82, 2.24) is 4.90 Å². The van der Waals surface area contributed by atoms with E-state index in [-0.39, 0.29) is 40.1 Å². The highest BCUT2D eigenvalue weighted by atomic mass is 16.6. The van der Waals surface area contributed by atoms with Gasteiger partial charge in [0.2, 0.25) is 5.78 Å². The largest absolute Gasteiger partial charge is 0.461 e. The summed E-state index contributed by atoms with van der Waals surface area (Å²) in [5, 5.41) is 10.9. The van der Waals surface area contributed by atoms with Crippen molar-refractivity contribution in [3.63, 3.8) is 0 Å². The summed E-state index contributed by atoms with van der Waals surface area (Å²) in [5.74, 6) is 2.98. The number of hydrogen-bond acceptors (Lipinski definition) is 5. The zero-order valence-electron chi connectivity index (χ0n) is 26.9. The van der Waals surface area contributed by atoms with Gasteiger partial charge >= 0.3 is 6.09 Å². The van der Waals surface area contributed by atoms with E-state index in [1.54, 1.807) is 18.4 Å². The van der Waals surface area contributed by atoms with Gasteiger partial charge in [-0.25, -0.2) is 4.79 Å². The quantitative estimate of drug-likeness (QED) is 0.285. The van der Waals surface area contributed by atoms with E-state index in [0.717, 1.165) is 56.6 Å². The third-order valence-corrected chi connectivity index (χ3v) is 16.1. The van der Waals surface area contributed by atoms with Crippen LogP contribution < -0.4 is 0 Å². The minimum atomic E-state index is -0.525. The van der Waals surface area contributed by atoms with Crippen LogP contribution in [0.3, 0.4) is 0 Å². The molecule has 2 heterocycles. The molecule has 0 radical (unpaired) electrons. The van der Waals surface area contributed by atoms with Gasteiger partial charge in [-0.3, -0.25) is 4.79 Å². The van der Waals surface area contributed by atoms with Crippen molar-refractivity contribution in [2.75, 3.05) is 13.1 Å². The Morgan fingerprint density at radius 3 is 2.52 bits per heavy atom. The van der Waals surface area contributed by atoms with Gasteiger partial charge in [-0.05, 0) is 117 Å². The van der Waals surface area contributed by atoms with E-state index in [9.17, 15) is 14.7 Å². The summed E-state index contributed by atoms with van der Waals surface area (Å²) in [6.07, 6.45) is 18.2. The molecule has 4 bridgehead atoms. The summed E-state index contributed by atoms with van der Waals surface area (Å²) in [6.45, 7) is 11.2. The second-order valence-corrected chi connectivity index (χ2v) is 17.5. The predicted octanol–water partition coefficient (Wildman–Crippen LogP) is 7.59. The third-order valence-electron chi connectivity index (χ3n) is 16.1. The highest BCUT2D eigenvalue weighted by Crippen LogP contribution is 2.79. The van der Waals surface area contributed by atoms with Crippen LogP contribution in [-0.4, -0.2) is 46.7 Å². The van der Waals surface area contributed by atoms with Crippen LogP contribution in [0, 0.1) is 56.7 Å². The van der Waals surface area contributed by atoms with E-state index in [1.165, 1.54) is 19.3 Å². The lowest BCUT2D eigenvalue weighted by Crippen LogP contribution is -2.67. The second-order valence-electron chi connectivity index (χ2n) is 17.5. The first kappa shape index (κ1) is 27.9. The number of Topliss-reactive ketones (excluding diaryl/α,β-unsaturated/α-hetero) is 1. The maximum absolute atomic E-state index is 14.4. The molecule has 10 aliphatic rings. The SMILES string of the molecule is CC1(C)[C@H]2CC[C@@H](CN3C[C@@]4(CC[C@H]5[C@]67C=C[C@@]8(C=C6C(=O)c6ccco6)C[C@@H](O)CC[C@]8(C)[C@H]7CC[C@@]54C)OC3=O)[C@@H]1C2. The molecule has 1 aromatic heterocycles. The fourth-order valence-electron chi connectivity index (χ4n) is 13.5. The number of ether oxygens (including phenoxy) is 1. The fraction of sp³-hybridized carbons (Fsp3) is 0.737. The molecule has 44 heavy (non-hydrogen) atoms. The van der Waals surface area contributed by atoms with Crippen LogP contribution in [0.25, 0.3) is 0 Å². The Morgan fingerprint density at radius 2 is 1.77 bits per heavy atom. The minimum Gasteiger partial charge on any atom is -0.461 e. The van der Waals surface area contributed by atoms with Crippen LogP contribution in [-0.2, 0) is 4.74 Å². The van der Waals surface area contributed by atoms with E-state index < -0.39 is 11.0 Å². The van der Waals surface area contributed by atoms with Crippen LogP contribution in [0.5, 0.6) is 0 Å². The highest BCUT2D eigenvalue weighted by molar-refractivity contribution is 6.08. The standard InChI is InChI=1S/C38H49NO5/c1-33(2)24-8-7-23(26(33)18-24)21-39-22-37(44-32(39)42)14-11-30-35(37,4)13-10-29-34(3)12-9-25(40)19-36(34)15-16-38(29,30)27(20-36)31(41)28-6-5-17-43-28/h5-6,15-17,20,23-26,29-30,40H,7-14,18-19,21-22H2,1-4H3/t23-,24-,25-,26-,29+,30+,34+,35-,36-,37+,38+/m0/s1. The number of hydrogen-bond donors (Lipinski definition) is 1. The van der Waals surface area contributed by atoms with Crippen molar-refractivity contribution in [1.29, 1.82) is 0 Å². The van der Waals surface area contributed by atoms with Crippen molar-refractivity contribution in [2.45, 2.75) is 104 Å². The minimum absolute atomic E-state index is 0.0141. The molecule has 7 fully saturated rings. The Labute approximate surface area is 261 Å². The van der Waals surface area contributed by atoms with Crippen molar-refractivity contribution < 1.29 is 23.8 Å². The van der Waals surface area contributed by atoms with Crippen LogP contribution in [0.2, 0.25) is 0 Å². The van der Waals surface area contributed by atoms with Crippen molar-refractivity contribution in [3.05, 3.63) is 48.0 Å². The van der Waals surface area contributed by atoms with Crippen molar-refractivity contribution in [2.24, 2.45) is 56.7 Å². The third kappa shape index (κ3) is 3.08. The van der Waals surface area contributed by atoms with E-state index in [2.05, 4.69) is 50.8 Å². The predicted molar refractivity (Wildman–Crippen MR) is 166 cm³/mol. The first-order valence-corrected chi connectivity index (χ1v) is 17.6. The van der Waals surface area contributed by atoms with Gasteiger partial charge in [0.15, 0.2) is 5.76 Å². The lowest BCUT2D eigenvalue weighted by Gasteiger charge is -2.71. The molecule has 6 heteroatoms. The summed E-state index contributed by atoms with van der Waals surface area (Å²) < 4.78 is 12.4. The Kier molecular flexibility index (Phi) is 5.41. The average Bonchev–Trinajstić information content (AvgIpc) is 3.71. The smallest absolute Gasteiger partial charge is 0.410 e. The summed E-state index contributed by atoms with van der Waals surface area (Å²) in [6, 6.07) is 3.59. The van der Waals surface area contributed by atoms with Gasteiger partial charge < -0.3 is 19.2 Å². The molecule has 236 valence electrons. The molecule has 1 amide bonds. The zero-order valence-corrected chi connectivity index (χ0v) is 26.9. The molecule has 6 saturated carbocycles. The Bertz CT molecular complexity index is 1490. The molecule has 3 spiro atoms. The maximum atomic E-state index is 14.4. The first-order chi connectivity index (χ1) is 20.9. The van der Waals surface area contributed by atoms with E-state index in [1.807, 2.05) is 0 Å². The molecule has 6 nitrogen and oxygen atoms in total. The molecule has 1 N–H and O–H groups in total. The molecule has 1 saturated heterocycles. The van der Waals surface area contributed by atoms with Gasteiger partial charge in [-0.1, -0.05) is 45.9 Å². The molecule has 11 atom stereocenters. The fourth-order valence-corrected chi connectivity index (χ4v) is 13.5. The number of furan rings is 1. The Balaban J connectivity index is 1.09. The lowest BCUT2D eigenvalue weighted by molar-refractivity contribution is -0.165. The molecule has 0 unspecified atom stereocenters. The molecule has 9 aliphatic carbocycles. The summed E-state index contributed by atoms with van der Waals surface area (Å²) in [5.41, 5.74) is -0.303. The number of carbonyl (C=O) groups is 2. The number of amides is 1. The number of carbonyl (C=O) groups excluding carboxylic acids is 2. The Hall–Kier alpha value is -2.34. The number of rotatable bonds is 4. The average molecular weight is 600 g/mol. The van der Waals surface area contributed by atoms with E-state index in [4.69, 9.17) is 9.15 Å². The van der Waals surface area contributed by atoms with E-state index >= 15 is 0 Å². The number of fused-ring (bicyclic) bond motifs is 4. The van der Waals surface area contributed by atoms with Gasteiger partial charge in [0.05, 0.1) is 18.9 Å². The molecular weight excluding hydrogens is 550 g/mol. The molecule has 11 rings (SSSR count). The summed E-state index contributed by atoms with van der Waals surface area (Å²) in [4.78, 5) is 30.2. The zero-order chi connectivity index (χ0) is 30.5. The topological polar surface area (TPSA) is 80.0 Å². The van der Waals surface area contributed by atoms with Gasteiger partial charge in [0.25, 0.3) is 0 Å². The number of aliphatic hydroxyl groups excluding tert-OH is 1. The van der Waals surface area contributed by atoms with Gasteiger partial charge in [0.1, 0.15) is 5.60 Å². The monoisotopic (exact) mass is 599 g/mol. The number of aliphatic hydroxyl groups is 1. The molecule has 0 aromatic carbocycles. The van der Waals surface area contributed by atoms with E-state index in [0.29, 0.717) is 41.9 Å². The lowest BCUT2D eigenvalue weighted by atomic mass is 9.32. The summed E-state index contributed by atoms with van der Waals surface area (Å²) in [7, 11) is 0. The molecular formula is C38H49NO5. The van der Waals surface area contributed by atoms with Gasteiger partial charge in [0, 0.05) is 28.4 Å². The summed E-state index contributed by atoms with van der Waals surface area (Å²) >= 11 is 0. The number of nitrogens with zero attached hydrogens (tertiary/aromatic N) is 1. The van der Waals surface area contributed by atoms with Gasteiger partial charge in [-0.15, -0.1) is 0 Å². The highest BCUT2D eigenvalue weighted by Gasteiger charge is 2.76. The second kappa shape index (κ2) is 8.52. The number of allylic oxidation sites excluding steroid dienone is 4. The normalized spacial score (nSPS) is 50.9. The maximum Gasteiger partial charge on any atom is 0.410 e. The van der Waals surface area contributed by atoms with Crippen LogP contribution >= 0.6 is 0 Å². The number of ketones is 1. The van der Waals surface area contributed by atoms with Crippen LogP contribution in [0.1, 0.15) is 102 Å². The van der Waals surface area contributed by atoms with Gasteiger partial charge in [-0.2, -0.15) is 0 Å². The van der Waals surface area contributed by atoms with Crippen LogP contribution in [0.4, 0.5) is 4.79 Å². The molecule has 1 aromatic rings. The van der Waals surface area contributed by atoms with Crippen LogP contribution in [0.15, 0.2) is 46.6 Å². The van der Waals surface area contributed by atoms with Crippen molar-refractivity contribution in [3.8, 4) is 0 Å². The van der Waals surface area contributed by atoms with Crippen molar-refractivity contribution >= 4 is 11.9 Å². The Morgan fingerprint density at radius 1 is 1.00 bits per heavy atom. The first-order valence-electron chi connectivity index (χ1n) is 17.6.